The van der Waals surface area contributed by atoms with Crippen LogP contribution in [0.25, 0.3) is 21.8 Å². The number of nitrogens with one attached hydrogen (secondary N) is 1. The van der Waals surface area contributed by atoms with Crippen molar-refractivity contribution in [1.29, 1.82) is 0 Å². The molecule has 0 bridgehead atoms. The number of para-hydroxylation sites is 2. The van der Waals surface area contributed by atoms with Gasteiger partial charge in [-0.3, -0.25) is 9.59 Å². The Kier molecular flexibility index (Phi) is 5.49. The Hall–Kier alpha value is -4.18. The van der Waals surface area contributed by atoms with Gasteiger partial charge in [-0.25, -0.2) is 0 Å². The lowest BCUT2D eigenvalue weighted by Gasteiger charge is -2.21. The molecule has 1 atom stereocenters. The number of aryl methyl sites for hydroxylation is 1. The molecule has 0 aliphatic rings. The number of hydrogen-bond acceptors (Lipinski definition) is 2. The minimum absolute atomic E-state index is 0.0142. The van der Waals surface area contributed by atoms with Crippen LogP contribution in [0.15, 0.2) is 108 Å². The molecule has 0 fully saturated rings. The standard InChI is InChI=1S/C29H24N2O2/c1-20-15-17-22(18-16-20)28(21-9-3-2-4-10-21)30-27(32)19-31-25-13-7-5-11-23(25)29(33)24-12-6-8-14-26(24)31/h2-18,28H,19H2,1H3,(H,30,32). The molecule has 0 spiro atoms. The minimum Gasteiger partial charge on any atom is -0.344 e. The number of hydrogen-bond donors (Lipinski definition) is 1. The Labute approximate surface area is 192 Å². The van der Waals surface area contributed by atoms with Gasteiger partial charge in [0.05, 0.1) is 17.1 Å². The van der Waals surface area contributed by atoms with Gasteiger partial charge in [0.25, 0.3) is 0 Å². The highest BCUT2D eigenvalue weighted by Crippen LogP contribution is 2.23. The molecule has 0 radical (unpaired) electrons. The molecule has 4 heteroatoms. The minimum atomic E-state index is -0.267. The van der Waals surface area contributed by atoms with E-state index in [4.69, 9.17) is 0 Å². The molecule has 1 aromatic heterocycles. The van der Waals surface area contributed by atoms with Gasteiger partial charge in [0.2, 0.25) is 5.91 Å². The predicted octanol–water partition coefficient (Wildman–Crippen LogP) is 5.37. The molecule has 0 saturated carbocycles. The molecule has 33 heavy (non-hydrogen) atoms. The molecule has 162 valence electrons. The van der Waals surface area contributed by atoms with E-state index in [-0.39, 0.29) is 23.9 Å². The summed E-state index contributed by atoms with van der Waals surface area (Å²) >= 11 is 0. The molecule has 0 aliphatic heterocycles. The van der Waals surface area contributed by atoms with E-state index in [2.05, 4.69) is 29.6 Å². The second-order valence-corrected chi connectivity index (χ2v) is 8.27. The van der Waals surface area contributed by atoms with Crippen LogP contribution in [0.3, 0.4) is 0 Å². The van der Waals surface area contributed by atoms with Gasteiger partial charge >= 0.3 is 0 Å². The fraction of sp³-hybridized carbons (Fsp3) is 0.103. The van der Waals surface area contributed by atoms with Gasteiger partial charge in [-0.1, -0.05) is 84.4 Å². The second-order valence-electron chi connectivity index (χ2n) is 8.27. The maximum atomic E-state index is 13.4. The normalized spacial score (nSPS) is 12.0. The summed E-state index contributed by atoms with van der Waals surface area (Å²) in [4.78, 5) is 26.4. The van der Waals surface area contributed by atoms with Gasteiger partial charge < -0.3 is 9.88 Å². The van der Waals surface area contributed by atoms with Gasteiger partial charge in [-0.2, -0.15) is 0 Å². The lowest BCUT2D eigenvalue weighted by Crippen LogP contribution is -2.32. The first-order valence-electron chi connectivity index (χ1n) is 11.0. The highest BCUT2D eigenvalue weighted by atomic mass is 16.2. The summed E-state index contributed by atoms with van der Waals surface area (Å²) in [7, 11) is 0. The van der Waals surface area contributed by atoms with E-state index in [1.165, 1.54) is 5.56 Å². The van der Waals surface area contributed by atoms with Crippen LogP contribution in [0, 0.1) is 6.92 Å². The molecular formula is C29H24N2O2. The van der Waals surface area contributed by atoms with E-state index in [0.717, 1.165) is 22.2 Å². The molecule has 0 aliphatic carbocycles. The maximum absolute atomic E-state index is 13.4. The fourth-order valence-corrected chi connectivity index (χ4v) is 4.36. The Morgan fingerprint density at radius 3 is 1.85 bits per heavy atom. The Balaban J connectivity index is 1.55. The van der Waals surface area contributed by atoms with Crippen LogP contribution in [0.5, 0.6) is 0 Å². The number of carbonyl (C=O) groups is 1. The van der Waals surface area contributed by atoms with Crippen molar-refractivity contribution in [3.05, 3.63) is 130 Å². The average Bonchev–Trinajstić information content (AvgIpc) is 2.86. The van der Waals surface area contributed by atoms with Gasteiger partial charge in [-0.05, 0) is 42.3 Å². The van der Waals surface area contributed by atoms with Crippen molar-refractivity contribution in [2.45, 2.75) is 19.5 Å². The van der Waals surface area contributed by atoms with Crippen LogP contribution in [0.2, 0.25) is 0 Å². The number of amides is 1. The number of fused-ring (bicyclic) bond motifs is 2. The fourth-order valence-electron chi connectivity index (χ4n) is 4.36. The van der Waals surface area contributed by atoms with Crippen molar-refractivity contribution in [3.8, 4) is 0 Å². The quantitative estimate of drug-likeness (QED) is 0.380. The van der Waals surface area contributed by atoms with Crippen molar-refractivity contribution < 1.29 is 4.79 Å². The van der Waals surface area contributed by atoms with Gasteiger partial charge in [0.1, 0.15) is 6.54 Å². The number of carbonyl (C=O) groups excluding carboxylic acids is 1. The maximum Gasteiger partial charge on any atom is 0.240 e. The van der Waals surface area contributed by atoms with E-state index >= 15 is 0 Å². The van der Waals surface area contributed by atoms with Crippen LogP contribution < -0.4 is 10.7 Å². The summed E-state index contributed by atoms with van der Waals surface area (Å²) < 4.78 is 1.93. The average molecular weight is 433 g/mol. The molecule has 1 amide bonds. The summed E-state index contributed by atoms with van der Waals surface area (Å²) in [6.07, 6.45) is 0. The first kappa shape index (κ1) is 20.7. The van der Waals surface area contributed by atoms with Crippen molar-refractivity contribution in [2.24, 2.45) is 0 Å². The Morgan fingerprint density at radius 1 is 0.727 bits per heavy atom. The first-order chi connectivity index (χ1) is 16.1. The number of rotatable bonds is 5. The lowest BCUT2D eigenvalue weighted by molar-refractivity contribution is -0.122. The Bertz CT molecular complexity index is 1440. The lowest BCUT2D eigenvalue weighted by atomic mass is 9.98. The summed E-state index contributed by atoms with van der Waals surface area (Å²) in [5, 5.41) is 4.45. The molecule has 4 aromatic carbocycles. The zero-order valence-electron chi connectivity index (χ0n) is 18.4. The molecule has 0 saturated heterocycles. The number of benzene rings is 4. The third-order valence-electron chi connectivity index (χ3n) is 6.03. The third kappa shape index (κ3) is 4.03. The summed E-state index contributed by atoms with van der Waals surface area (Å²) in [5.74, 6) is -0.122. The number of pyridine rings is 1. The zero-order chi connectivity index (χ0) is 22.8. The van der Waals surface area contributed by atoms with E-state index in [1.54, 1.807) is 0 Å². The molecule has 1 unspecified atom stereocenters. The number of aromatic nitrogens is 1. The van der Waals surface area contributed by atoms with Crippen LogP contribution in [-0.2, 0) is 11.3 Å². The molecule has 4 nitrogen and oxygen atoms in total. The highest BCUT2D eigenvalue weighted by Gasteiger charge is 2.18. The highest BCUT2D eigenvalue weighted by molar-refractivity contribution is 5.94. The largest absolute Gasteiger partial charge is 0.344 e. The number of nitrogens with zero attached hydrogens (tertiary/aromatic N) is 1. The van der Waals surface area contributed by atoms with E-state index in [1.807, 2.05) is 90.4 Å². The Morgan fingerprint density at radius 2 is 1.24 bits per heavy atom. The summed E-state index contributed by atoms with van der Waals surface area (Å²) in [5.41, 5.74) is 4.70. The topological polar surface area (TPSA) is 51.1 Å². The van der Waals surface area contributed by atoms with E-state index in [9.17, 15) is 9.59 Å². The van der Waals surface area contributed by atoms with Gasteiger partial charge in [0.15, 0.2) is 5.43 Å². The van der Waals surface area contributed by atoms with Crippen LogP contribution in [-0.4, -0.2) is 10.5 Å². The van der Waals surface area contributed by atoms with Gasteiger partial charge in [-0.15, -0.1) is 0 Å². The van der Waals surface area contributed by atoms with Crippen molar-refractivity contribution in [3.63, 3.8) is 0 Å². The summed E-state index contributed by atoms with van der Waals surface area (Å²) in [6, 6.07) is 32.8. The molecule has 1 heterocycles. The SMILES string of the molecule is Cc1ccc(C(NC(=O)Cn2c3ccccc3c(=O)c3ccccc32)c2ccccc2)cc1. The van der Waals surface area contributed by atoms with E-state index in [0.29, 0.717) is 10.8 Å². The molecule has 5 aromatic rings. The monoisotopic (exact) mass is 432 g/mol. The summed E-state index contributed by atoms with van der Waals surface area (Å²) in [6.45, 7) is 2.16. The molecular weight excluding hydrogens is 408 g/mol. The van der Waals surface area contributed by atoms with Gasteiger partial charge in [0, 0.05) is 10.8 Å². The van der Waals surface area contributed by atoms with Crippen molar-refractivity contribution >= 4 is 27.7 Å². The van der Waals surface area contributed by atoms with Crippen LogP contribution in [0.1, 0.15) is 22.7 Å². The molecule has 1 N–H and O–H groups in total. The third-order valence-corrected chi connectivity index (χ3v) is 6.03. The van der Waals surface area contributed by atoms with Crippen molar-refractivity contribution in [1.82, 2.24) is 9.88 Å². The first-order valence-corrected chi connectivity index (χ1v) is 11.0. The van der Waals surface area contributed by atoms with Crippen molar-refractivity contribution in [2.75, 3.05) is 0 Å². The predicted molar refractivity (Wildman–Crippen MR) is 133 cm³/mol. The zero-order valence-corrected chi connectivity index (χ0v) is 18.4. The van der Waals surface area contributed by atoms with Crippen LogP contribution in [0.4, 0.5) is 0 Å². The smallest absolute Gasteiger partial charge is 0.240 e. The second kappa shape index (κ2) is 8.75. The van der Waals surface area contributed by atoms with E-state index < -0.39 is 0 Å². The van der Waals surface area contributed by atoms with Crippen LogP contribution >= 0.6 is 0 Å². The molecule has 5 rings (SSSR count).